The highest BCUT2D eigenvalue weighted by atomic mass is 19.1. The first kappa shape index (κ1) is 16.0. The largest absolute Gasteiger partial charge is 0.265 e. The summed E-state index contributed by atoms with van der Waals surface area (Å²) in [5.74, 6) is -0.308. The van der Waals surface area contributed by atoms with Gasteiger partial charge in [-0.2, -0.15) is 5.10 Å². The number of rotatable bonds is 5. The Hall–Kier alpha value is -2.42. The lowest BCUT2D eigenvalue weighted by molar-refractivity contribution is 0.652. The van der Waals surface area contributed by atoms with Crippen molar-refractivity contribution in [1.29, 1.82) is 0 Å². The predicted molar refractivity (Wildman–Crippen MR) is 91.0 cm³/mol. The van der Waals surface area contributed by atoms with E-state index in [0.29, 0.717) is 5.57 Å². The molecule has 1 aromatic carbocycles. The molecular formula is C19H21FN2. The Labute approximate surface area is 131 Å². The normalized spacial score (nSPS) is 12.5. The molecule has 114 valence electrons. The zero-order valence-electron chi connectivity index (χ0n) is 13.3. The maximum absolute atomic E-state index is 13.5. The highest BCUT2D eigenvalue weighted by Crippen LogP contribution is 2.24. The molecule has 0 amide bonds. The Morgan fingerprint density at radius 2 is 1.91 bits per heavy atom. The predicted octanol–water partition coefficient (Wildman–Crippen LogP) is 5.40. The van der Waals surface area contributed by atoms with Crippen molar-refractivity contribution < 1.29 is 4.39 Å². The molecule has 0 fully saturated rings. The molecule has 0 bridgehead atoms. The molecule has 0 saturated carbocycles. The molecule has 0 spiro atoms. The molecule has 0 saturated heterocycles. The fourth-order valence-electron chi connectivity index (χ4n) is 2.12. The van der Waals surface area contributed by atoms with Crippen LogP contribution in [0.3, 0.4) is 0 Å². The Kier molecular flexibility index (Phi) is 5.10. The summed E-state index contributed by atoms with van der Waals surface area (Å²) in [5, 5.41) is 4.60. The van der Waals surface area contributed by atoms with Crippen molar-refractivity contribution in [2.24, 2.45) is 0 Å². The van der Waals surface area contributed by atoms with Crippen molar-refractivity contribution in [2.45, 2.75) is 27.3 Å². The molecule has 22 heavy (non-hydrogen) atoms. The monoisotopic (exact) mass is 296 g/mol. The van der Waals surface area contributed by atoms with Crippen LogP contribution in [0, 0.1) is 0 Å². The van der Waals surface area contributed by atoms with Crippen LogP contribution in [0.2, 0.25) is 0 Å². The van der Waals surface area contributed by atoms with Gasteiger partial charge in [0.2, 0.25) is 0 Å². The molecule has 0 atom stereocenters. The van der Waals surface area contributed by atoms with E-state index in [1.807, 2.05) is 35.9 Å². The van der Waals surface area contributed by atoms with Crippen molar-refractivity contribution >= 4 is 5.57 Å². The minimum Gasteiger partial charge on any atom is -0.265 e. The molecule has 0 aliphatic rings. The van der Waals surface area contributed by atoms with Crippen molar-refractivity contribution in [3.05, 3.63) is 72.2 Å². The highest BCUT2D eigenvalue weighted by Gasteiger charge is 2.09. The van der Waals surface area contributed by atoms with Crippen LogP contribution in [0.1, 0.15) is 26.5 Å². The molecule has 0 N–H and O–H groups in total. The maximum Gasteiger partial charge on any atom is 0.125 e. The lowest BCUT2D eigenvalue weighted by Gasteiger charge is -2.03. The van der Waals surface area contributed by atoms with Gasteiger partial charge in [-0.15, -0.1) is 0 Å². The van der Waals surface area contributed by atoms with E-state index in [1.165, 1.54) is 6.08 Å². The Bertz CT molecular complexity index is 721. The van der Waals surface area contributed by atoms with Gasteiger partial charge in [0, 0.05) is 6.54 Å². The van der Waals surface area contributed by atoms with E-state index in [4.69, 9.17) is 0 Å². The Morgan fingerprint density at radius 3 is 2.50 bits per heavy atom. The SMILES string of the molecule is C=C(C)/C(F)=C\C=C(/C)c1cc(-c2ccccc2)n(CC)n1. The third-order valence-electron chi connectivity index (χ3n) is 3.44. The third kappa shape index (κ3) is 3.61. The van der Waals surface area contributed by atoms with Crippen LogP contribution in [0.5, 0.6) is 0 Å². The zero-order chi connectivity index (χ0) is 16.1. The minimum absolute atomic E-state index is 0.308. The molecular weight excluding hydrogens is 275 g/mol. The van der Waals surface area contributed by atoms with Crippen LogP contribution in [0.15, 0.2) is 66.5 Å². The summed E-state index contributed by atoms with van der Waals surface area (Å²) in [6, 6.07) is 12.2. The molecule has 0 aliphatic carbocycles. The van der Waals surface area contributed by atoms with Gasteiger partial charge in [-0.05, 0) is 49.6 Å². The van der Waals surface area contributed by atoms with Crippen molar-refractivity contribution in [1.82, 2.24) is 9.78 Å². The van der Waals surface area contributed by atoms with E-state index in [-0.39, 0.29) is 5.83 Å². The second-order valence-electron chi connectivity index (χ2n) is 5.24. The first-order valence-electron chi connectivity index (χ1n) is 7.36. The van der Waals surface area contributed by atoms with Gasteiger partial charge in [-0.1, -0.05) is 43.0 Å². The molecule has 1 heterocycles. The molecule has 2 aromatic rings. The van der Waals surface area contributed by atoms with Gasteiger partial charge in [0.25, 0.3) is 0 Å². The molecule has 2 rings (SSSR count). The van der Waals surface area contributed by atoms with Gasteiger partial charge >= 0.3 is 0 Å². The topological polar surface area (TPSA) is 17.8 Å². The average molecular weight is 296 g/mol. The summed E-state index contributed by atoms with van der Waals surface area (Å²) < 4.78 is 15.5. The minimum atomic E-state index is -0.308. The van der Waals surface area contributed by atoms with Crippen molar-refractivity contribution in [3.8, 4) is 11.3 Å². The van der Waals surface area contributed by atoms with E-state index in [0.717, 1.165) is 29.1 Å². The number of allylic oxidation sites excluding steroid dienone is 5. The quantitative estimate of drug-likeness (QED) is 0.675. The molecule has 2 nitrogen and oxygen atoms in total. The Balaban J connectivity index is 2.38. The van der Waals surface area contributed by atoms with Gasteiger partial charge < -0.3 is 0 Å². The number of aryl methyl sites for hydroxylation is 1. The Morgan fingerprint density at radius 1 is 1.23 bits per heavy atom. The third-order valence-corrected chi connectivity index (χ3v) is 3.44. The summed E-state index contributed by atoms with van der Waals surface area (Å²) in [4.78, 5) is 0. The van der Waals surface area contributed by atoms with E-state index in [1.54, 1.807) is 13.0 Å². The molecule has 0 unspecified atom stereocenters. The van der Waals surface area contributed by atoms with Crippen LogP contribution in [-0.2, 0) is 6.54 Å². The fraction of sp³-hybridized carbons (Fsp3) is 0.211. The first-order chi connectivity index (χ1) is 10.5. The van der Waals surface area contributed by atoms with E-state index < -0.39 is 0 Å². The number of benzene rings is 1. The maximum atomic E-state index is 13.5. The standard InChI is InChI=1S/C19H21FN2/c1-5-22-19(16-9-7-6-8-10-16)13-18(21-22)15(4)11-12-17(20)14(2)3/h6-13H,2,5H2,1,3-4H3/b15-11+,17-12+. The van der Waals surface area contributed by atoms with Crippen molar-refractivity contribution in [3.63, 3.8) is 0 Å². The molecule has 0 radical (unpaired) electrons. The molecule has 3 heteroatoms. The highest BCUT2D eigenvalue weighted by molar-refractivity contribution is 5.69. The number of aromatic nitrogens is 2. The van der Waals surface area contributed by atoms with Crippen LogP contribution < -0.4 is 0 Å². The summed E-state index contributed by atoms with van der Waals surface area (Å²) in [6.45, 7) is 10.0. The number of hydrogen-bond donors (Lipinski definition) is 0. The van der Waals surface area contributed by atoms with Gasteiger partial charge in [-0.25, -0.2) is 4.39 Å². The summed E-state index contributed by atoms with van der Waals surface area (Å²) in [7, 11) is 0. The molecule has 1 aromatic heterocycles. The van der Waals surface area contributed by atoms with E-state index >= 15 is 0 Å². The van der Waals surface area contributed by atoms with Gasteiger partial charge in [-0.3, -0.25) is 4.68 Å². The number of nitrogens with zero attached hydrogens (tertiary/aromatic N) is 2. The van der Waals surface area contributed by atoms with Crippen LogP contribution in [0.25, 0.3) is 16.8 Å². The van der Waals surface area contributed by atoms with Gasteiger partial charge in [0.15, 0.2) is 0 Å². The summed E-state index contributed by atoms with van der Waals surface area (Å²) in [6.07, 6.45) is 3.17. The fourth-order valence-corrected chi connectivity index (χ4v) is 2.12. The summed E-state index contributed by atoms with van der Waals surface area (Å²) in [5.41, 5.74) is 4.38. The smallest absolute Gasteiger partial charge is 0.125 e. The van der Waals surface area contributed by atoms with Gasteiger partial charge in [0.1, 0.15) is 5.83 Å². The zero-order valence-corrected chi connectivity index (χ0v) is 13.3. The van der Waals surface area contributed by atoms with E-state index in [9.17, 15) is 4.39 Å². The van der Waals surface area contributed by atoms with Crippen LogP contribution in [-0.4, -0.2) is 9.78 Å². The number of halogens is 1. The first-order valence-corrected chi connectivity index (χ1v) is 7.36. The van der Waals surface area contributed by atoms with Crippen molar-refractivity contribution in [2.75, 3.05) is 0 Å². The second-order valence-corrected chi connectivity index (χ2v) is 5.24. The van der Waals surface area contributed by atoms with Crippen LogP contribution in [0.4, 0.5) is 4.39 Å². The number of hydrogen-bond acceptors (Lipinski definition) is 1. The van der Waals surface area contributed by atoms with Gasteiger partial charge in [0.05, 0.1) is 11.4 Å². The van der Waals surface area contributed by atoms with E-state index in [2.05, 4.69) is 30.7 Å². The van der Waals surface area contributed by atoms with Crippen LogP contribution >= 0.6 is 0 Å². The summed E-state index contributed by atoms with van der Waals surface area (Å²) >= 11 is 0. The average Bonchev–Trinajstić information content (AvgIpc) is 2.97. The lowest BCUT2D eigenvalue weighted by Crippen LogP contribution is -1.99. The lowest BCUT2D eigenvalue weighted by atomic mass is 10.1. The second kappa shape index (κ2) is 7.03. The molecule has 0 aliphatic heterocycles.